The average Bonchev–Trinajstić information content (AvgIpc) is 3.30. The first-order valence-corrected chi connectivity index (χ1v) is 9.01. The Morgan fingerprint density at radius 3 is 2.35 bits per heavy atom. The van der Waals surface area contributed by atoms with Crippen molar-refractivity contribution in [2.24, 2.45) is 13.0 Å². The number of imidazole rings is 1. The van der Waals surface area contributed by atoms with Crippen LogP contribution in [-0.4, -0.2) is 20.0 Å². The summed E-state index contributed by atoms with van der Waals surface area (Å²) >= 11 is 0. The molecule has 0 spiro atoms. The van der Waals surface area contributed by atoms with E-state index in [4.69, 9.17) is 0 Å². The third-order valence-electron chi connectivity index (χ3n) is 4.52. The van der Waals surface area contributed by atoms with Crippen LogP contribution in [-0.2, 0) is 11.8 Å². The van der Waals surface area contributed by atoms with Crippen molar-refractivity contribution < 1.29 is 4.79 Å². The number of hydrogen-bond acceptors (Lipinski definition) is 2. The smallest absolute Gasteiger partial charge is 0.243 e. The van der Waals surface area contributed by atoms with Gasteiger partial charge in [-0.15, -0.1) is 0 Å². The zero-order valence-electron chi connectivity index (χ0n) is 15.5. The standard InChI is InChI=1S/C21H26N4O/c1-16(2)15-18(25-12-7-8-13-25)21(26)23-19(17-9-5-4-6-10-17)20-22-11-14-24(20)3/h4-14,16,18-19H,15H2,1-3H3,(H,23,26). The summed E-state index contributed by atoms with van der Waals surface area (Å²) in [4.78, 5) is 17.7. The van der Waals surface area contributed by atoms with Gasteiger partial charge in [-0.3, -0.25) is 4.79 Å². The first-order valence-electron chi connectivity index (χ1n) is 9.01. The van der Waals surface area contributed by atoms with Gasteiger partial charge in [-0.25, -0.2) is 4.98 Å². The summed E-state index contributed by atoms with van der Waals surface area (Å²) in [6, 6.07) is 13.4. The third kappa shape index (κ3) is 4.04. The average molecular weight is 350 g/mol. The second-order valence-corrected chi connectivity index (χ2v) is 7.02. The maximum Gasteiger partial charge on any atom is 0.243 e. The predicted molar refractivity (Wildman–Crippen MR) is 103 cm³/mol. The van der Waals surface area contributed by atoms with E-state index in [1.54, 1.807) is 6.20 Å². The molecule has 26 heavy (non-hydrogen) atoms. The summed E-state index contributed by atoms with van der Waals surface area (Å²) in [7, 11) is 1.95. The van der Waals surface area contributed by atoms with E-state index in [0.29, 0.717) is 5.92 Å². The molecule has 5 heteroatoms. The van der Waals surface area contributed by atoms with Crippen molar-refractivity contribution in [3.63, 3.8) is 0 Å². The highest BCUT2D eigenvalue weighted by Gasteiger charge is 2.26. The Morgan fingerprint density at radius 2 is 1.77 bits per heavy atom. The Morgan fingerprint density at radius 1 is 1.08 bits per heavy atom. The molecule has 3 aromatic rings. The van der Waals surface area contributed by atoms with Crippen LogP contribution in [0.2, 0.25) is 0 Å². The minimum Gasteiger partial charge on any atom is -0.342 e. The molecule has 1 amide bonds. The lowest BCUT2D eigenvalue weighted by molar-refractivity contribution is -0.125. The first kappa shape index (κ1) is 18.0. The van der Waals surface area contributed by atoms with Gasteiger partial charge in [0.15, 0.2) is 0 Å². The van der Waals surface area contributed by atoms with Crippen LogP contribution >= 0.6 is 0 Å². The molecule has 2 atom stereocenters. The van der Waals surface area contributed by atoms with Crippen LogP contribution in [0.5, 0.6) is 0 Å². The molecule has 0 aliphatic carbocycles. The van der Waals surface area contributed by atoms with Crippen LogP contribution in [0, 0.1) is 5.92 Å². The highest BCUT2D eigenvalue weighted by atomic mass is 16.2. The molecule has 1 aromatic carbocycles. The molecule has 0 aliphatic heterocycles. The zero-order valence-corrected chi connectivity index (χ0v) is 15.5. The predicted octanol–water partition coefficient (Wildman–Crippen LogP) is 3.71. The van der Waals surface area contributed by atoms with Crippen molar-refractivity contribution in [3.8, 4) is 0 Å². The Labute approximate surface area is 154 Å². The van der Waals surface area contributed by atoms with Gasteiger partial charge in [0.1, 0.15) is 17.9 Å². The number of aromatic nitrogens is 3. The van der Waals surface area contributed by atoms with E-state index in [-0.39, 0.29) is 18.0 Å². The van der Waals surface area contributed by atoms with Crippen molar-refractivity contribution >= 4 is 5.91 Å². The summed E-state index contributed by atoms with van der Waals surface area (Å²) in [6.07, 6.45) is 8.34. The van der Waals surface area contributed by atoms with Crippen LogP contribution < -0.4 is 5.32 Å². The number of nitrogens with zero attached hydrogens (tertiary/aromatic N) is 3. The van der Waals surface area contributed by atoms with Crippen molar-refractivity contribution in [1.82, 2.24) is 19.4 Å². The molecule has 5 nitrogen and oxygen atoms in total. The fraction of sp³-hybridized carbons (Fsp3) is 0.333. The molecule has 0 aliphatic rings. The van der Waals surface area contributed by atoms with Gasteiger partial charge >= 0.3 is 0 Å². The Hall–Kier alpha value is -2.82. The summed E-state index contributed by atoms with van der Waals surface area (Å²) in [5, 5.41) is 3.23. The maximum absolute atomic E-state index is 13.2. The summed E-state index contributed by atoms with van der Waals surface area (Å²) < 4.78 is 3.93. The van der Waals surface area contributed by atoms with Crippen LogP contribution in [0.3, 0.4) is 0 Å². The van der Waals surface area contributed by atoms with Crippen molar-refractivity contribution in [2.75, 3.05) is 0 Å². The topological polar surface area (TPSA) is 51.9 Å². The molecule has 0 fully saturated rings. The minimum absolute atomic E-state index is 0.00625. The first-order chi connectivity index (χ1) is 12.6. The monoisotopic (exact) mass is 350 g/mol. The van der Waals surface area contributed by atoms with Crippen LogP contribution in [0.4, 0.5) is 0 Å². The largest absolute Gasteiger partial charge is 0.342 e. The maximum atomic E-state index is 13.2. The van der Waals surface area contributed by atoms with Crippen molar-refractivity contribution in [2.45, 2.75) is 32.4 Å². The summed E-state index contributed by atoms with van der Waals surface area (Å²) in [5.41, 5.74) is 1.02. The number of aryl methyl sites for hydroxylation is 1. The van der Waals surface area contributed by atoms with E-state index < -0.39 is 0 Å². The number of carbonyl (C=O) groups is 1. The molecular formula is C21H26N4O. The lowest BCUT2D eigenvalue weighted by Gasteiger charge is -2.25. The zero-order chi connectivity index (χ0) is 18.5. The number of amides is 1. The van der Waals surface area contributed by atoms with Gasteiger partial charge in [0.2, 0.25) is 5.91 Å². The number of carbonyl (C=O) groups excluding carboxylic acids is 1. The molecule has 1 N–H and O–H groups in total. The SMILES string of the molecule is CC(C)CC(C(=O)NC(c1ccccc1)c1nccn1C)n1cccc1. The van der Waals surface area contributed by atoms with Crippen molar-refractivity contribution in [1.29, 1.82) is 0 Å². The molecular weight excluding hydrogens is 324 g/mol. The number of hydrogen-bond donors (Lipinski definition) is 1. The third-order valence-corrected chi connectivity index (χ3v) is 4.52. The van der Waals surface area contributed by atoms with Gasteiger partial charge in [-0.05, 0) is 30.0 Å². The van der Waals surface area contributed by atoms with Crippen LogP contribution in [0.1, 0.15) is 43.7 Å². The second-order valence-electron chi connectivity index (χ2n) is 7.02. The summed E-state index contributed by atoms with van der Waals surface area (Å²) in [6.45, 7) is 4.27. The molecule has 136 valence electrons. The minimum atomic E-state index is -0.283. The van der Waals surface area contributed by atoms with Gasteiger partial charge in [0.25, 0.3) is 0 Å². The Bertz CT molecular complexity index is 821. The number of nitrogens with one attached hydrogen (secondary N) is 1. The number of benzene rings is 1. The van der Waals surface area contributed by atoms with Crippen LogP contribution in [0.15, 0.2) is 67.3 Å². The van der Waals surface area contributed by atoms with E-state index in [1.807, 2.05) is 77.2 Å². The van der Waals surface area contributed by atoms with Gasteiger partial charge in [0, 0.05) is 31.8 Å². The second kappa shape index (κ2) is 8.04. The van der Waals surface area contributed by atoms with Crippen molar-refractivity contribution in [3.05, 3.63) is 78.6 Å². The molecule has 2 unspecified atom stereocenters. The molecule has 3 rings (SSSR count). The molecule has 0 bridgehead atoms. The molecule has 2 aromatic heterocycles. The van der Waals surface area contributed by atoms with Gasteiger partial charge in [0.05, 0.1) is 0 Å². The lowest BCUT2D eigenvalue weighted by atomic mass is 10.0. The highest BCUT2D eigenvalue weighted by Crippen LogP contribution is 2.24. The van der Waals surface area contributed by atoms with Crippen LogP contribution in [0.25, 0.3) is 0 Å². The molecule has 0 radical (unpaired) electrons. The molecule has 0 saturated carbocycles. The van der Waals surface area contributed by atoms with E-state index in [2.05, 4.69) is 24.1 Å². The Kier molecular flexibility index (Phi) is 5.56. The lowest BCUT2D eigenvalue weighted by Crippen LogP contribution is -2.37. The van der Waals surface area contributed by atoms with E-state index in [0.717, 1.165) is 17.8 Å². The van der Waals surface area contributed by atoms with E-state index in [9.17, 15) is 4.79 Å². The molecule has 0 saturated heterocycles. The van der Waals surface area contributed by atoms with Gasteiger partial charge in [-0.1, -0.05) is 44.2 Å². The summed E-state index contributed by atoms with van der Waals surface area (Å²) in [5.74, 6) is 1.24. The fourth-order valence-electron chi connectivity index (χ4n) is 3.20. The Balaban J connectivity index is 1.90. The van der Waals surface area contributed by atoms with E-state index in [1.165, 1.54) is 0 Å². The quantitative estimate of drug-likeness (QED) is 0.706. The van der Waals surface area contributed by atoms with Gasteiger partial charge < -0.3 is 14.5 Å². The fourth-order valence-corrected chi connectivity index (χ4v) is 3.20. The van der Waals surface area contributed by atoms with E-state index >= 15 is 0 Å². The normalized spacial score (nSPS) is 13.5. The highest BCUT2D eigenvalue weighted by molar-refractivity contribution is 5.81. The number of rotatable bonds is 7. The molecule has 2 heterocycles. The van der Waals surface area contributed by atoms with Gasteiger partial charge in [-0.2, -0.15) is 0 Å².